The molecule has 31 heavy (non-hydrogen) atoms. The maximum absolute atomic E-state index is 12.8. The Hall–Kier alpha value is -3.68. The third kappa shape index (κ3) is 4.91. The molecular formula is C23H24N4O4. The van der Waals surface area contributed by atoms with Gasteiger partial charge in [0.05, 0.1) is 13.2 Å². The number of ether oxygens (including phenoxy) is 1. The lowest BCUT2D eigenvalue weighted by Gasteiger charge is -2.22. The average molecular weight is 420 g/mol. The molecule has 1 unspecified atom stereocenters. The third-order valence-electron chi connectivity index (χ3n) is 5.24. The predicted octanol–water partition coefficient (Wildman–Crippen LogP) is 3.63. The Kier molecular flexibility index (Phi) is 6.26. The summed E-state index contributed by atoms with van der Waals surface area (Å²) in [5.41, 5.74) is 1.31. The molecule has 160 valence electrons. The summed E-state index contributed by atoms with van der Waals surface area (Å²) in [6.07, 6.45) is 2.20. The Morgan fingerprint density at radius 3 is 2.84 bits per heavy atom. The average Bonchev–Trinajstić information content (AvgIpc) is 3.47. The van der Waals surface area contributed by atoms with Crippen LogP contribution in [0.5, 0.6) is 5.75 Å². The fourth-order valence-corrected chi connectivity index (χ4v) is 3.67. The molecule has 1 aliphatic rings. The molecule has 2 aromatic carbocycles. The van der Waals surface area contributed by atoms with Crippen LogP contribution in [0.4, 0.5) is 5.69 Å². The van der Waals surface area contributed by atoms with Crippen LogP contribution in [0.3, 0.4) is 0 Å². The first-order valence-electron chi connectivity index (χ1n) is 10.3. The summed E-state index contributed by atoms with van der Waals surface area (Å²) in [6, 6.07) is 16.1. The third-order valence-corrected chi connectivity index (χ3v) is 5.24. The van der Waals surface area contributed by atoms with Crippen LogP contribution in [-0.2, 0) is 11.2 Å². The number of hydrogen-bond donors (Lipinski definition) is 1. The van der Waals surface area contributed by atoms with Crippen molar-refractivity contribution in [3.63, 3.8) is 0 Å². The minimum Gasteiger partial charge on any atom is -0.497 e. The van der Waals surface area contributed by atoms with Crippen molar-refractivity contribution in [2.45, 2.75) is 31.7 Å². The molecule has 1 fully saturated rings. The van der Waals surface area contributed by atoms with Crippen LogP contribution in [0.25, 0.3) is 0 Å². The summed E-state index contributed by atoms with van der Waals surface area (Å²) in [4.78, 5) is 31.3. The van der Waals surface area contributed by atoms with Crippen LogP contribution in [0.15, 0.2) is 59.1 Å². The second-order valence-electron chi connectivity index (χ2n) is 7.35. The monoisotopic (exact) mass is 420 g/mol. The molecule has 0 radical (unpaired) electrons. The van der Waals surface area contributed by atoms with Crippen LogP contribution >= 0.6 is 0 Å². The van der Waals surface area contributed by atoms with Crippen molar-refractivity contribution >= 4 is 17.5 Å². The smallest absolute Gasteiger partial charge is 0.254 e. The minimum atomic E-state index is -0.212. The molecule has 0 aliphatic carbocycles. The van der Waals surface area contributed by atoms with Gasteiger partial charge in [-0.25, -0.2) is 0 Å². The number of nitrogens with zero attached hydrogens (tertiary/aromatic N) is 3. The van der Waals surface area contributed by atoms with Gasteiger partial charge in [-0.3, -0.25) is 9.59 Å². The van der Waals surface area contributed by atoms with Gasteiger partial charge in [0.2, 0.25) is 11.8 Å². The Labute approximate surface area is 180 Å². The number of methoxy groups -OCH3 is 1. The minimum absolute atomic E-state index is 0.0351. The first kappa shape index (κ1) is 20.6. The largest absolute Gasteiger partial charge is 0.497 e. The summed E-state index contributed by atoms with van der Waals surface area (Å²) < 4.78 is 10.5. The van der Waals surface area contributed by atoms with Gasteiger partial charge in [0.15, 0.2) is 5.82 Å². The lowest BCUT2D eigenvalue weighted by Crippen LogP contribution is -2.31. The molecule has 4 rings (SSSR count). The fraction of sp³-hybridized carbons (Fsp3) is 0.304. The van der Waals surface area contributed by atoms with Crippen molar-refractivity contribution in [2.24, 2.45) is 0 Å². The number of amides is 2. The van der Waals surface area contributed by atoms with E-state index in [0.29, 0.717) is 41.7 Å². The Balaban J connectivity index is 1.35. The molecule has 1 saturated heterocycles. The Morgan fingerprint density at radius 1 is 1.19 bits per heavy atom. The van der Waals surface area contributed by atoms with Crippen LogP contribution in [0, 0.1) is 0 Å². The van der Waals surface area contributed by atoms with E-state index in [0.717, 1.165) is 12.8 Å². The zero-order valence-electron chi connectivity index (χ0n) is 17.3. The van der Waals surface area contributed by atoms with E-state index >= 15 is 0 Å². The molecule has 8 nitrogen and oxygen atoms in total. The topological polar surface area (TPSA) is 97.6 Å². The molecule has 8 heteroatoms. The van der Waals surface area contributed by atoms with Crippen molar-refractivity contribution in [1.29, 1.82) is 0 Å². The highest BCUT2D eigenvalue weighted by molar-refractivity contribution is 5.94. The summed E-state index contributed by atoms with van der Waals surface area (Å²) in [6.45, 7) is 0.658. The van der Waals surface area contributed by atoms with E-state index in [-0.39, 0.29) is 24.3 Å². The number of nitrogens with one attached hydrogen (secondary N) is 1. The van der Waals surface area contributed by atoms with Crippen molar-refractivity contribution in [1.82, 2.24) is 15.0 Å². The number of rotatable bonds is 7. The van der Waals surface area contributed by atoms with Crippen LogP contribution in [-0.4, -0.2) is 40.5 Å². The standard InChI is InChI=1S/C23H24N4O4/c1-30-18-10-5-9-17(15-18)24-20(28)12-13-21-25-22(26-31-21)19-11-6-14-27(19)23(29)16-7-3-2-4-8-16/h2-5,7-10,15,19H,6,11-14H2,1H3,(H,24,28). The van der Waals surface area contributed by atoms with Crippen LogP contribution in [0.1, 0.15) is 47.4 Å². The van der Waals surface area contributed by atoms with Gasteiger partial charge in [0, 0.05) is 36.7 Å². The Morgan fingerprint density at radius 2 is 2.03 bits per heavy atom. The number of likely N-dealkylation sites (tertiary alicyclic amines) is 1. The van der Waals surface area contributed by atoms with Crippen molar-refractivity contribution in [2.75, 3.05) is 19.0 Å². The first-order valence-corrected chi connectivity index (χ1v) is 10.3. The number of aromatic nitrogens is 2. The van der Waals surface area contributed by atoms with Crippen LogP contribution < -0.4 is 10.1 Å². The predicted molar refractivity (Wildman–Crippen MR) is 114 cm³/mol. The van der Waals surface area contributed by atoms with Gasteiger partial charge in [0.1, 0.15) is 5.75 Å². The Bertz CT molecular complexity index is 1050. The van der Waals surface area contributed by atoms with Crippen molar-refractivity contribution in [3.8, 4) is 5.75 Å². The molecule has 1 atom stereocenters. The highest BCUT2D eigenvalue weighted by atomic mass is 16.5. The van der Waals surface area contributed by atoms with E-state index in [2.05, 4.69) is 15.5 Å². The van der Waals surface area contributed by atoms with Gasteiger partial charge < -0.3 is 19.5 Å². The van der Waals surface area contributed by atoms with Crippen LogP contribution in [0.2, 0.25) is 0 Å². The number of aryl methyl sites for hydroxylation is 1. The molecular weight excluding hydrogens is 396 g/mol. The quantitative estimate of drug-likeness (QED) is 0.627. The van der Waals surface area contributed by atoms with Crippen molar-refractivity contribution in [3.05, 3.63) is 71.9 Å². The SMILES string of the molecule is COc1cccc(NC(=O)CCc2nc(C3CCCN3C(=O)c3ccccc3)no2)c1. The molecule has 2 amide bonds. The molecule has 1 aromatic heterocycles. The van der Waals surface area contributed by atoms with Gasteiger partial charge in [0.25, 0.3) is 5.91 Å². The molecule has 0 spiro atoms. The molecule has 3 aromatic rings. The summed E-state index contributed by atoms with van der Waals surface area (Å²) >= 11 is 0. The highest BCUT2D eigenvalue weighted by Crippen LogP contribution is 2.31. The second-order valence-corrected chi connectivity index (χ2v) is 7.35. The van der Waals surface area contributed by atoms with E-state index in [1.807, 2.05) is 30.3 Å². The molecule has 1 aliphatic heterocycles. The van der Waals surface area contributed by atoms with E-state index in [9.17, 15) is 9.59 Å². The van der Waals surface area contributed by atoms with Gasteiger partial charge in [-0.1, -0.05) is 29.4 Å². The van der Waals surface area contributed by atoms with Crippen molar-refractivity contribution < 1.29 is 18.8 Å². The number of carbonyl (C=O) groups excluding carboxylic acids is 2. The lowest BCUT2D eigenvalue weighted by atomic mass is 10.1. The number of carbonyl (C=O) groups is 2. The lowest BCUT2D eigenvalue weighted by molar-refractivity contribution is -0.116. The first-order chi connectivity index (χ1) is 15.1. The summed E-state index contributed by atoms with van der Waals surface area (Å²) in [5, 5.41) is 6.91. The van der Waals surface area contributed by atoms with E-state index in [1.54, 1.807) is 36.3 Å². The number of anilines is 1. The van der Waals surface area contributed by atoms with Gasteiger partial charge in [-0.05, 0) is 37.1 Å². The van der Waals surface area contributed by atoms with E-state index in [1.165, 1.54) is 0 Å². The maximum atomic E-state index is 12.8. The summed E-state index contributed by atoms with van der Waals surface area (Å²) in [7, 11) is 1.58. The number of benzene rings is 2. The fourth-order valence-electron chi connectivity index (χ4n) is 3.67. The molecule has 0 bridgehead atoms. The normalized spacial score (nSPS) is 15.6. The molecule has 1 N–H and O–H groups in total. The molecule has 2 heterocycles. The zero-order chi connectivity index (χ0) is 21.6. The number of hydrogen-bond acceptors (Lipinski definition) is 6. The van der Waals surface area contributed by atoms with Gasteiger partial charge in [-0.2, -0.15) is 4.98 Å². The molecule has 0 saturated carbocycles. The highest BCUT2D eigenvalue weighted by Gasteiger charge is 2.33. The summed E-state index contributed by atoms with van der Waals surface area (Å²) in [5.74, 6) is 1.35. The van der Waals surface area contributed by atoms with Gasteiger partial charge >= 0.3 is 0 Å². The zero-order valence-corrected chi connectivity index (χ0v) is 17.3. The second kappa shape index (κ2) is 9.42. The van der Waals surface area contributed by atoms with E-state index in [4.69, 9.17) is 9.26 Å². The van der Waals surface area contributed by atoms with Gasteiger partial charge in [-0.15, -0.1) is 0 Å². The van der Waals surface area contributed by atoms with E-state index < -0.39 is 0 Å². The maximum Gasteiger partial charge on any atom is 0.254 e.